The predicted octanol–water partition coefficient (Wildman–Crippen LogP) is 2.24. The van der Waals surface area contributed by atoms with Crippen LogP contribution in [0.25, 0.3) is 0 Å². The van der Waals surface area contributed by atoms with Crippen molar-refractivity contribution in [2.24, 2.45) is 0 Å². The van der Waals surface area contributed by atoms with E-state index in [0.29, 0.717) is 10.9 Å². The molecule has 1 aromatic heterocycles. The number of benzene rings is 1. The van der Waals surface area contributed by atoms with Crippen molar-refractivity contribution in [3.8, 4) is 0 Å². The minimum atomic E-state index is -5.02. The number of aromatic nitrogens is 2. The summed E-state index contributed by atoms with van der Waals surface area (Å²) in [5, 5.41) is 16.1. The molecule has 1 amide bonds. The number of hydrogen-bond donors (Lipinski definition) is 1. The molecule has 0 aliphatic carbocycles. The van der Waals surface area contributed by atoms with Gasteiger partial charge in [0.15, 0.2) is 0 Å². The lowest BCUT2D eigenvalue weighted by Gasteiger charge is -2.06. The van der Waals surface area contributed by atoms with Gasteiger partial charge in [0.05, 0.1) is 17.6 Å². The molecule has 12 heteroatoms. The second-order valence-electron chi connectivity index (χ2n) is 4.93. The van der Waals surface area contributed by atoms with Crippen LogP contribution in [0.1, 0.15) is 16.1 Å². The number of ether oxygens (including phenoxy) is 1. The first-order chi connectivity index (χ1) is 12.1. The Kier molecular flexibility index (Phi) is 5.24. The SMILES string of the molecule is COC(=O)c1ccc(NC(=O)Cn2cc([N+](=O)[O-])c(C(F)(F)F)n2)cc1. The van der Waals surface area contributed by atoms with Gasteiger partial charge >= 0.3 is 17.8 Å². The summed E-state index contributed by atoms with van der Waals surface area (Å²) in [4.78, 5) is 32.6. The summed E-state index contributed by atoms with van der Waals surface area (Å²) >= 11 is 0. The van der Waals surface area contributed by atoms with E-state index in [1.807, 2.05) is 0 Å². The number of hydrogen-bond acceptors (Lipinski definition) is 6. The number of nitro groups is 1. The summed E-state index contributed by atoms with van der Waals surface area (Å²) in [6, 6.07) is 5.53. The van der Waals surface area contributed by atoms with Crippen molar-refractivity contribution >= 4 is 23.3 Å². The number of rotatable bonds is 5. The fourth-order valence-electron chi connectivity index (χ4n) is 1.98. The number of anilines is 1. The second kappa shape index (κ2) is 7.21. The van der Waals surface area contributed by atoms with E-state index < -0.39 is 40.9 Å². The van der Waals surface area contributed by atoms with Gasteiger partial charge in [-0.1, -0.05) is 0 Å². The molecule has 0 aliphatic heterocycles. The summed E-state index contributed by atoms with van der Waals surface area (Å²) in [5.41, 5.74) is -2.42. The molecule has 0 fully saturated rings. The normalized spacial score (nSPS) is 11.1. The van der Waals surface area contributed by atoms with E-state index in [-0.39, 0.29) is 11.3 Å². The lowest BCUT2D eigenvalue weighted by Crippen LogP contribution is -2.19. The van der Waals surface area contributed by atoms with Crippen LogP contribution in [0, 0.1) is 10.1 Å². The number of nitrogens with zero attached hydrogens (tertiary/aromatic N) is 3. The van der Waals surface area contributed by atoms with Gasteiger partial charge < -0.3 is 10.1 Å². The van der Waals surface area contributed by atoms with Crippen LogP contribution in [-0.2, 0) is 22.3 Å². The third-order valence-corrected chi connectivity index (χ3v) is 3.10. The van der Waals surface area contributed by atoms with E-state index >= 15 is 0 Å². The van der Waals surface area contributed by atoms with Crippen LogP contribution in [-0.4, -0.2) is 33.7 Å². The van der Waals surface area contributed by atoms with Gasteiger partial charge in [-0.05, 0) is 24.3 Å². The first-order valence-electron chi connectivity index (χ1n) is 6.89. The molecule has 0 saturated carbocycles. The molecule has 0 spiro atoms. The Balaban J connectivity index is 2.10. The van der Waals surface area contributed by atoms with Crippen molar-refractivity contribution in [1.29, 1.82) is 0 Å². The Bertz CT molecular complexity index is 845. The maximum absolute atomic E-state index is 12.7. The molecule has 0 radical (unpaired) electrons. The van der Waals surface area contributed by atoms with Gasteiger partial charge in [0.2, 0.25) is 11.6 Å². The number of amides is 1. The molecule has 138 valence electrons. The minimum absolute atomic E-state index is 0.239. The van der Waals surface area contributed by atoms with Crippen LogP contribution >= 0.6 is 0 Å². The number of nitrogens with one attached hydrogen (secondary N) is 1. The topological polar surface area (TPSA) is 116 Å². The summed E-state index contributed by atoms with van der Waals surface area (Å²) in [7, 11) is 1.20. The second-order valence-corrected chi connectivity index (χ2v) is 4.93. The zero-order valence-corrected chi connectivity index (χ0v) is 13.1. The molecule has 26 heavy (non-hydrogen) atoms. The average Bonchev–Trinajstić information content (AvgIpc) is 2.99. The van der Waals surface area contributed by atoms with Gasteiger partial charge in [-0.25, -0.2) is 4.79 Å². The summed E-state index contributed by atoms with van der Waals surface area (Å²) in [6.07, 6.45) is -4.49. The molecule has 2 aromatic rings. The van der Waals surface area contributed by atoms with E-state index in [2.05, 4.69) is 15.2 Å². The molecular formula is C14H11F3N4O5. The fourth-order valence-corrected chi connectivity index (χ4v) is 1.98. The van der Waals surface area contributed by atoms with Crippen LogP contribution in [0.5, 0.6) is 0 Å². The molecule has 0 atom stereocenters. The number of halogens is 3. The zero-order chi connectivity index (χ0) is 19.5. The fraction of sp³-hybridized carbons (Fsp3) is 0.214. The molecule has 0 unspecified atom stereocenters. The monoisotopic (exact) mass is 372 g/mol. The summed E-state index contributed by atoms with van der Waals surface area (Å²) in [6.45, 7) is -0.671. The molecule has 2 rings (SSSR count). The first kappa shape index (κ1) is 18.9. The Morgan fingerprint density at radius 2 is 1.92 bits per heavy atom. The van der Waals surface area contributed by atoms with Crippen LogP contribution < -0.4 is 5.32 Å². The van der Waals surface area contributed by atoms with Crippen LogP contribution in [0.4, 0.5) is 24.5 Å². The van der Waals surface area contributed by atoms with Crippen LogP contribution in [0.2, 0.25) is 0 Å². The number of alkyl halides is 3. The van der Waals surface area contributed by atoms with Gasteiger partial charge in [-0.15, -0.1) is 0 Å². The van der Waals surface area contributed by atoms with E-state index in [1.54, 1.807) is 0 Å². The van der Waals surface area contributed by atoms with Crippen LogP contribution in [0.15, 0.2) is 30.5 Å². The van der Waals surface area contributed by atoms with Gasteiger partial charge in [-0.3, -0.25) is 19.6 Å². The standard InChI is InChI=1S/C14H11F3N4O5/c1-26-13(23)8-2-4-9(5-3-8)18-11(22)7-20-6-10(21(24)25)12(19-20)14(15,16)17/h2-6H,7H2,1H3,(H,18,22). The highest BCUT2D eigenvalue weighted by Gasteiger charge is 2.42. The highest BCUT2D eigenvalue weighted by molar-refractivity contribution is 5.92. The smallest absolute Gasteiger partial charge is 0.442 e. The van der Waals surface area contributed by atoms with E-state index in [0.717, 1.165) is 0 Å². The van der Waals surface area contributed by atoms with Gasteiger partial charge in [-0.2, -0.15) is 18.3 Å². The lowest BCUT2D eigenvalue weighted by atomic mass is 10.2. The number of carbonyl (C=O) groups is 2. The number of carbonyl (C=O) groups excluding carboxylic acids is 2. The number of methoxy groups -OCH3 is 1. The van der Waals surface area contributed by atoms with E-state index in [9.17, 15) is 32.9 Å². The first-order valence-corrected chi connectivity index (χ1v) is 6.89. The molecule has 1 N–H and O–H groups in total. The third kappa shape index (κ3) is 4.34. The maximum atomic E-state index is 12.7. The van der Waals surface area contributed by atoms with Crippen molar-refractivity contribution in [2.45, 2.75) is 12.7 Å². The van der Waals surface area contributed by atoms with Crippen molar-refractivity contribution in [1.82, 2.24) is 9.78 Å². The molecule has 0 bridgehead atoms. The average molecular weight is 372 g/mol. The van der Waals surface area contributed by atoms with Crippen molar-refractivity contribution in [2.75, 3.05) is 12.4 Å². The molecule has 0 aliphatic rings. The maximum Gasteiger partial charge on any atom is 0.442 e. The molecule has 9 nitrogen and oxygen atoms in total. The number of esters is 1. The van der Waals surface area contributed by atoms with Gasteiger partial charge in [0.25, 0.3) is 0 Å². The summed E-state index contributed by atoms with van der Waals surface area (Å²) in [5.74, 6) is -1.34. The van der Waals surface area contributed by atoms with E-state index in [1.165, 1.54) is 31.4 Å². The Labute approximate surface area is 143 Å². The third-order valence-electron chi connectivity index (χ3n) is 3.10. The zero-order valence-electron chi connectivity index (χ0n) is 13.1. The Morgan fingerprint density at radius 1 is 1.31 bits per heavy atom. The molecular weight excluding hydrogens is 361 g/mol. The minimum Gasteiger partial charge on any atom is -0.465 e. The van der Waals surface area contributed by atoms with Gasteiger partial charge in [0, 0.05) is 5.69 Å². The highest BCUT2D eigenvalue weighted by Crippen LogP contribution is 2.34. The van der Waals surface area contributed by atoms with Crippen LogP contribution in [0.3, 0.4) is 0 Å². The predicted molar refractivity (Wildman–Crippen MR) is 80.3 cm³/mol. The van der Waals surface area contributed by atoms with E-state index in [4.69, 9.17) is 0 Å². The molecule has 0 saturated heterocycles. The van der Waals surface area contributed by atoms with Gasteiger partial charge in [0.1, 0.15) is 12.7 Å². The molecule has 1 heterocycles. The van der Waals surface area contributed by atoms with Crippen molar-refractivity contribution in [3.05, 3.63) is 51.8 Å². The quantitative estimate of drug-likeness (QED) is 0.489. The summed E-state index contributed by atoms with van der Waals surface area (Å²) < 4.78 is 43.2. The molecule has 1 aromatic carbocycles. The lowest BCUT2D eigenvalue weighted by molar-refractivity contribution is -0.388. The Hall–Kier alpha value is -3.44. The van der Waals surface area contributed by atoms with Crippen molar-refractivity contribution in [3.63, 3.8) is 0 Å². The largest absolute Gasteiger partial charge is 0.465 e. The van der Waals surface area contributed by atoms with Crippen molar-refractivity contribution < 1.29 is 32.4 Å². The Morgan fingerprint density at radius 3 is 2.38 bits per heavy atom. The highest BCUT2D eigenvalue weighted by atomic mass is 19.4.